The van der Waals surface area contributed by atoms with Gasteiger partial charge >= 0.3 is 5.69 Å². The van der Waals surface area contributed by atoms with E-state index in [2.05, 4.69) is 5.10 Å². The summed E-state index contributed by atoms with van der Waals surface area (Å²) >= 11 is 0. The Kier molecular flexibility index (Phi) is 6.31. The molecule has 28 heavy (non-hydrogen) atoms. The average molecular weight is 391 g/mol. The Morgan fingerprint density at radius 3 is 2.18 bits per heavy atom. The highest BCUT2D eigenvalue weighted by Gasteiger charge is 2.27. The summed E-state index contributed by atoms with van der Waals surface area (Å²) in [5.41, 5.74) is 0.662. The van der Waals surface area contributed by atoms with Gasteiger partial charge < -0.3 is 9.80 Å². The molecular formula is C19H29N5O4. The average Bonchev–Trinajstić information content (AvgIpc) is 3.27. The molecule has 1 saturated carbocycles. The number of rotatable bonds is 6. The first-order valence-electron chi connectivity index (χ1n) is 10.1. The Morgan fingerprint density at radius 2 is 1.64 bits per heavy atom. The number of hydrogen-bond acceptors (Lipinski definition) is 5. The van der Waals surface area contributed by atoms with Crippen molar-refractivity contribution in [3.8, 4) is 0 Å². The van der Waals surface area contributed by atoms with Crippen molar-refractivity contribution in [3.05, 3.63) is 21.5 Å². The van der Waals surface area contributed by atoms with E-state index in [9.17, 15) is 19.7 Å². The van der Waals surface area contributed by atoms with Gasteiger partial charge in [-0.05, 0) is 26.2 Å². The molecule has 0 radical (unpaired) electrons. The minimum Gasteiger partial charge on any atom is -0.339 e. The largest absolute Gasteiger partial charge is 0.339 e. The minimum atomic E-state index is -0.464. The molecule has 154 valence electrons. The third kappa shape index (κ3) is 4.51. The lowest BCUT2D eigenvalue weighted by molar-refractivity contribution is -0.386. The van der Waals surface area contributed by atoms with Gasteiger partial charge in [-0.1, -0.05) is 25.7 Å². The van der Waals surface area contributed by atoms with Crippen LogP contribution in [0.3, 0.4) is 0 Å². The second-order valence-electron chi connectivity index (χ2n) is 7.88. The van der Waals surface area contributed by atoms with Crippen LogP contribution in [0.5, 0.6) is 0 Å². The van der Waals surface area contributed by atoms with Gasteiger partial charge in [0.05, 0.1) is 4.92 Å². The van der Waals surface area contributed by atoms with Gasteiger partial charge in [0, 0.05) is 32.6 Å². The fraction of sp³-hybridized carbons (Fsp3) is 0.737. The third-order valence-electron chi connectivity index (χ3n) is 6.04. The highest BCUT2D eigenvalue weighted by atomic mass is 16.6. The number of nitrogens with zero attached hydrogens (tertiary/aromatic N) is 5. The van der Waals surface area contributed by atoms with E-state index in [1.165, 1.54) is 30.4 Å². The molecule has 2 fully saturated rings. The van der Waals surface area contributed by atoms with Crippen LogP contribution >= 0.6 is 0 Å². The summed E-state index contributed by atoms with van der Waals surface area (Å²) in [6.45, 7) is 5.24. The molecule has 0 N–H and O–H groups in total. The van der Waals surface area contributed by atoms with E-state index in [0.29, 0.717) is 49.9 Å². The molecule has 0 bridgehead atoms. The zero-order valence-corrected chi connectivity index (χ0v) is 16.7. The first kappa shape index (κ1) is 20.3. The van der Waals surface area contributed by atoms with Crippen LogP contribution in [-0.2, 0) is 16.1 Å². The molecular weight excluding hydrogens is 362 g/mol. The van der Waals surface area contributed by atoms with E-state index < -0.39 is 4.92 Å². The number of piperazine rings is 1. The maximum Gasteiger partial charge on any atom is 0.312 e. The van der Waals surface area contributed by atoms with Gasteiger partial charge in [-0.3, -0.25) is 24.4 Å². The zero-order valence-electron chi connectivity index (χ0n) is 16.7. The van der Waals surface area contributed by atoms with Crippen LogP contribution in [0.15, 0.2) is 0 Å². The second-order valence-corrected chi connectivity index (χ2v) is 7.88. The highest BCUT2D eigenvalue weighted by Crippen LogP contribution is 2.28. The normalized spacial score (nSPS) is 17.9. The molecule has 0 aromatic carbocycles. The fourth-order valence-corrected chi connectivity index (χ4v) is 4.32. The Bertz CT molecular complexity index is 746. The van der Waals surface area contributed by atoms with Gasteiger partial charge in [0.1, 0.15) is 17.9 Å². The number of nitro groups is 1. The number of hydrogen-bond donors (Lipinski definition) is 0. The number of carbonyl (C=O) groups excluding carboxylic acids is 2. The maximum absolute atomic E-state index is 12.6. The second kappa shape index (κ2) is 8.70. The van der Waals surface area contributed by atoms with Crippen molar-refractivity contribution in [2.75, 3.05) is 26.2 Å². The third-order valence-corrected chi connectivity index (χ3v) is 6.04. The summed E-state index contributed by atoms with van der Waals surface area (Å²) < 4.78 is 1.40. The summed E-state index contributed by atoms with van der Waals surface area (Å²) in [6, 6.07) is 0. The molecule has 9 heteroatoms. The number of amides is 2. The standard InChI is InChI=1S/C19H29N5O4/c1-14-19(24(27)28)15(2)23(20-14)13-18(26)22-11-9-21(10-12-22)17(25)8-7-16-5-3-4-6-16/h16H,3-13H2,1-2H3. The Labute approximate surface area is 164 Å². The summed E-state index contributed by atoms with van der Waals surface area (Å²) in [5, 5.41) is 15.2. The smallest absolute Gasteiger partial charge is 0.312 e. The number of aryl methyl sites for hydroxylation is 1. The van der Waals surface area contributed by atoms with Crippen molar-refractivity contribution >= 4 is 17.5 Å². The summed E-state index contributed by atoms with van der Waals surface area (Å²) in [7, 11) is 0. The van der Waals surface area contributed by atoms with E-state index in [1.54, 1.807) is 18.7 Å². The van der Waals surface area contributed by atoms with E-state index in [4.69, 9.17) is 0 Å². The Balaban J connectivity index is 1.48. The number of aromatic nitrogens is 2. The van der Waals surface area contributed by atoms with E-state index in [-0.39, 0.29) is 24.0 Å². The van der Waals surface area contributed by atoms with Gasteiger partial charge in [0.25, 0.3) is 0 Å². The van der Waals surface area contributed by atoms with Gasteiger partial charge in [-0.15, -0.1) is 0 Å². The maximum atomic E-state index is 12.6. The first-order chi connectivity index (χ1) is 13.4. The highest BCUT2D eigenvalue weighted by molar-refractivity contribution is 5.78. The Hall–Kier alpha value is -2.45. The predicted molar refractivity (Wildman–Crippen MR) is 103 cm³/mol. The quantitative estimate of drug-likeness (QED) is 0.545. The van der Waals surface area contributed by atoms with Crippen molar-refractivity contribution in [1.29, 1.82) is 0 Å². The molecule has 1 aliphatic heterocycles. The van der Waals surface area contributed by atoms with Crippen LogP contribution in [-0.4, -0.2) is 62.5 Å². The van der Waals surface area contributed by atoms with Crippen molar-refractivity contribution in [2.45, 2.75) is 58.9 Å². The summed E-state index contributed by atoms with van der Waals surface area (Å²) in [5.74, 6) is 0.767. The topological polar surface area (TPSA) is 102 Å². The molecule has 1 saturated heterocycles. The first-order valence-corrected chi connectivity index (χ1v) is 10.1. The van der Waals surface area contributed by atoms with Gasteiger partial charge in [0.15, 0.2) is 0 Å². The molecule has 3 rings (SSSR count). The molecule has 0 unspecified atom stereocenters. The lowest BCUT2D eigenvalue weighted by atomic mass is 10.0. The van der Waals surface area contributed by atoms with Gasteiger partial charge in [-0.2, -0.15) is 5.10 Å². The minimum absolute atomic E-state index is 0.0177. The predicted octanol–water partition coefficient (Wildman–Crippen LogP) is 2.05. The molecule has 1 aromatic rings. The van der Waals surface area contributed by atoms with Crippen LogP contribution in [0.25, 0.3) is 0 Å². The van der Waals surface area contributed by atoms with Crippen molar-refractivity contribution in [1.82, 2.24) is 19.6 Å². The molecule has 9 nitrogen and oxygen atoms in total. The van der Waals surface area contributed by atoms with E-state index in [0.717, 1.165) is 6.42 Å². The van der Waals surface area contributed by atoms with Crippen LogP contribution in [0.1, 0.15) is 49.9 Å². The monoisotopic (exact) mass is 391 g/mol. The van der Waals surface area contributed by atoms with Crippen molar-refractivity contribution in [3.63, 3.8) is 0 Å². The zero-order chi connectivity index (χ0) is 20.3. The molecule has 0 atom stereocenters. The van der Waals surface area contributed by atoms with Crippen LogP contribution < -0.4 is 0 Å². The van der Waals surface area contributed by atoms with Gasteiger partial charge in [-0.25, -0.2) is 0 Å². The van der Waals surface area contributed by atoms with E-state index >= 15 is 0 Å². The number of carbonyl (C=O) groups is 2. The molecule has 2 aliphatic rings. The van der Waals surface area contributed by atoms with Crippen LogP contribution in [0, 0.1) is 29.9 Å². The molecule has 2 amide bonds. The lowest BCUT2D eigenvalue weighted by Crippen LogP contribution is -2.51. The lowest BCUT2D eigenvalue weighted by Gasteiger charge is -2.35. The molecule has 1 aliphatic carbocycles. The fourth-order valence-electron chi connectivity index (χ4n) is 4.32. The van der Waals surface area contributed by atoms with Gasteiger partial charge in [0.2, 0.25) is 11.8 Å². The van der Waals surface area contributed by atoms with Crippen molar-refractivity contribution in [2.24, 2.45) is 5.92 Å². The summed E-state index contributed by atoms with van der Waals surface area (Å²) in [4.78, 5) is 39.2. The van der Waals surface area contributed by atoms with Crippen LogP contribution in [0.4, 0.5) is 5.69 Å². The summed E-state index contributed by atoms with van der Waals surface area (Å²) in [6.07, 6.45) is 6.67. The Morgan fingerprint density at radius 1 is 1.07 bits per heavy atom. The SMILES string of the molecule is Cc1nn(CC(=O)N2CCN(C(=O)CCC3CCCC3)CC2)c(C)c1[N+](=O)[O-]. The molecule has 2 heterocycles. The molecule has 0 spiro atoms. The van der Waals surface area contributed by atoms with Crippen LogP contribution in [0.2, 0.25) is 0 Å². The molecule has 1 aromatic heterocycles. The van der Waals surface area contributed by atoms with E-state index in [1.807, 2.05) is 4.90 Å². The van der Waals surface area contributed by atoms with Crippen molar-refractivity contribution < 1.29 is 14.5 Å².